The van der Waals surface area contributed by atoms with Crippen molar-refractivity contribution in [1.82, 2.24) is 0 Å². The summed E-state index contributed by atoms with van der Waals surface area (Å²) in [5.41, 5.74) is 0.535. The van der Waals surface area contributed by atoms with Crippen LogP contribution in [0.1, 0.15) is 85.5 Å². The first-order valence-corrected chi connectivity index (χ1v) is 12.6. The largest absolute Gasteiger partial charge is 0.469 e. The van der Waals surface area contributed by atoms with Crippen molar-refractivity contribution in [1.29, 1.82) is 0 Å². The van der Waals surface area contributed by atoms with Gasteiger partial charge in [-0.25, -0.2) is 0 Å². The molecule has 11 atom stereocenters. The smallest absolute Gasteiger partial charge is 0.305 e. The highest BCUT2D eigenvalue weighted by Crippen LogP contribution is 2.69. The number of aliphatic hydroxyl groups excluding tert-OH is 2. The van der Waals surface area contributed by atoms with Gasteiger partial charge in [-0.1, -0.05) is 27.7 Å². The molecule has 4 fully saturated rings. The van der Waals surface area contributed by atoms with Crippen molar-refractivity contribution in [2.75, 3.05) is 7.11 Å². The van der Waals surface area contributed by atoms with E-state index in [4.69, 9.17) is 4.74 Å². The number of carbonyl (C=O) groups excluding carboxylic acids is 1. The molecule has 0 amide bonds. The van der Waals surface area contributed by atoms with Gasteiger partial charge in [0.15, 0.2) is 0 Å². The van der Waals surface area contributed by atoms with Gasteiger partial charge in [-0.2, -0.15) is 0 Å². The Bertz CT molecular complexity index is 649. The van der Waals surface area contributed by atoms with E-state index < -0.39 is 0 Å². The lowest BCUT2D eigenvalue weighted by atomic mass is 9.42. The molecule has 0 aromatic carbocycles. The third-order valence-corrected chi connectivity index (χ3v) is 10.9. The molecule has 0 aromatic heterocycles. The highest BCUT2D eigenvalue weighted by molar-refractivity contribution is 5.69. The van der Waals surface area contributed by atoms with Crippen molar-refractivity contribution >= 4 is 5.97 Å². The first-order chi connectivity index (χ1) is 14.1. The van der Waals surface area contributed by atoms with Crippen LogP contribution in [-0.2, 0) is 9.53 Å². The van der Waals surface area contributed by atoms with Gasteiger partial charge in [0.1, 0.15) is 0 Å². The fraction of sp³-hybridized carbons (Fsp3) is 0.962. The summed E-state index contributed by atoms with van der Waals surface area (Å²) in [5.74, 6) is 3.33. The van der Waals surface area contributed by atoms with Crippen LogP contribution < -0.4 is 0 Å². The fourth-order valence-corrected chi connectivity index (χ4v) is 9.27. The molecule has 4 aliphatic rings. The molecule has 0 saturated heterocycles. The average molecular weight is 421 g/mol. The van der Waals surface area contributed by atoms with Crippen molar-refractivity contribution < 1.29 is 19.7 Å². The summed E-state index contributed by atoms with van der Waals surface area (Å²) >= 11 is 0. The van der Waals surface area contributed by atoms with E-state index in [0.717, 1.165) is 25.7 Å². The molecule has 4 nitrogen and oxygen atoms in total. The van der Waals surface area contributed by atoms with Gasteiger partial charge in [0.2, 0.25) is 0 Å². The van der Waals surface area contributed by atoms with E-state index in [1.807, 2.05) is 0 Å². The first-order valence-electron chi connectivity index (χ1n) is 12.6. The van der Waals surface area contributed by atoms with Crippen molar-refractivity contribution in [3.8, 4) is 0 Å². The predicted octanol–water partition coefficient (Wildman–Crippen LogP) is 4.81. The van der Waals surface area contributed by atoms with Crippen LogP contribution in [0, 0.1) is 52.3 Å². The number of methoxy groups -OCH3 is 1. The van der Waals surface area contributed by atoms with Crippen LogP contribution in [0.4, 0.5) is 0 Å². The maximum absolute atomic E-state index is 11.7. The van der Waals surface area contributed by atoms with Gasteiger partial charge in [0.05, 0.1) is 19.3 Å². The molecule has 0 spiro atoms. The summed E-state index contributed by atoms with van der Waals surface area (Å²) in [6.45, 7) is 9.56. The van der Waals surface area contributed by atoms with Gasteiger partial charge < -0.3 is 14.9 Å². The number of hydrogen-bond donors (Lipinski definition) is 2. The van der Waals surface area contributed by atoms with E-state index in [1.54, 1.807) is 0 Å². The summed E-state index contributed by atoms with van der Waals surface area (Å²) in [6.07, 6.45) is 8.81. The molecule has 4 rings (SSSR count). The molecular formula is C26H44O4. The van der Waals surface area contributed by atoms with Crippen molar-refractivity contribution in [2.45, 2.75) is 97.7 Å². The molecule has 0 heterocycles. The molecule has 0 aromatic rings. The van der Waals surface area contributed by atoms with Crippen LogP contribution in [0.15, 0.2) is 0 Å². The molecule has 4 saturated carbocycles. The Balaban J connectivity index is 1.56. The van der Waals surface area contributed by atoms with Crippen LogP contribution in [0.25, 0.3) is 0 Å². The van der Waals surface area contributed by atoms with E-state index in [2.05, 4.69) is 27.7 Å². The van der Waals surface area contributed by atoms with Crippen molar-refractivity contribution in [3.63, 3.8) is 0 Å². The van der Waals surface area contributed by atoms with Gasteiger partial charge in [-0.3, -0.25) is 4.79 Å². The van der Waals surface area contributed by atoms with Gasteiger partial charge in [-0.15, -0.1) is 0 Å². The molecule has 4 heteroatoms. The van der Waals surface area contributed by atoms with Crippen LogP contribution in [0.3, 0.4) is 0 Å². The molecule has 4 unspecified atom stereocenters. The number of fused-ring (bicyclic) bond motifs is 5. The van der Waals surface area contributed by atoms with E-state index in [0.29, 0.717) is 41.9 Å². The van der Waals surface area contributed by atoms with E-state index in [-0.39, 0.29) is 34.9 Å². The van der Waals surface area contributed by atoms with Crippen LogP contribution in [0.5, 0.6) is 0 Å². The average Bonchev–Trinajstić information content (AvgIpc) is 3.08. The van der Waals surface area contributed by atoms with Gasteiger partial charge in [0, 0.05) is 6.42 Å². The topological polar surface area (TPSA) is 66.8 Å². The molecule has 2 N–H and O–H groups in total. The van der Waals surface area contributed by atoms with Crippen molar-refractivity contribution in [3.05, 3.63) is 0 Å². The Morgan fingerprint density at radius 2 is 1.70 bits per heavy atom. The van der Waals surface area contributed by atoms with Gasteiger partial charge in [0.25, 0.3) is 0 Å². The fourth-order valence-electron chi connectivity index (χ4n) is 9.27. The lowest BCUT2D eigenvalue weighted by Crippen LogP contribution is -2.61. The quantitative estimate of drug-likeness (QED) is 0.640. The van der Waals surface area contributed by atoms with Crippen molar-refractivity contribution in [2.24, 2.45) is 52.3 Å². The lowest BCUT2D eigenvalue weighted by Gasteiger charge is -2.64. The molecule has 0 radical (unpaired) electrons. The lowest BCUT2D eigenvalue weighted by molar-refractivity contribution is -0.199. The highest BCUT2D eigenvalue weighted by Gasteiger charge is 2.64. The zero-order valence-corrected chi connectivity index (χ0v) is 19.8. The first kappa shape index (κ1) is 22.6. The van der Waals surface area contributed by atoms with E-state index in [9.17, 15) is 15.0 Å². The van der Waals surface area contributed by atoms with Crippen LogP contribution in [-0.4, -0.2) is 35.5 Å². The summed E-state index contributed by atoms with van der Waals surface area (Å²) < 4.78 is 4.87. The molecule has 0 bridgehead atoms. The normalized spacial score (nSPS) is 51.4. The van der Waals surface area contributed by atoms with E-state index in [1.165, 1.54) is 32.8 Å². The Morgan fingerprint density at radius 1 is 1.03 bits per heavy atom. The van der Waals surface area contributed by atoms with Crippen LogP contribution in [0.2, 0.25) is 0 Å². The predicted molar refractivity (Wildman–Crippen MR) is 118 cm³/mol. The third-order valence-electron chi connectivity index (χ3n) is 10.9. The minimum atomic E-state index is -0.243. The molecule has 30 heavy (non-hydrogen) atoms. The second kappa shape index (κ2) is 8.06. The SMILES string of the molecule is COC(=O)CC[C@@H](C)[C@H]1CCC2C3C(CC[C@@]21C)[C@@]1(C)CC[C@@H](O)CC1[C@@H](C)[C@H]3O. The number of hydrogen-bond acceptors (Lipinski definition) is 4. The molecule has 0 aliphatic heterocycles. The maximum atomic E-state index is 11.7. The Labute approximate surface area is 183 Å². The summed E-state index contributed by atoms with van der Waals surface area (Å²) in [6, 6.07) is 0. The number of ether oxygens (including phenoxy) is 1. The summed E-state index contributed by atoms with van der Waals surface area (Å²) in [5, 5.41) is 21.9. The monoisotopic (exact) mass is 420 g/mol. The highest BCUT2D eigenvalue weighted by atomic mass is 16.5. The number of esters is 1. The summed E-state index contributed by atoms with van der Waals surface area (Å²) in [4.78, 5) is 11.7. The molecule has 4 aliphatic carbocycles. The standard InChI is InChI=1S/C26H44O4/c1-15(6-9-22(28)30-5)18-7-8-19-23-20(11-13-25(18,19)3)26(4)12-10-17(27)14-21(26)16(2)24(23)29/h15-21,23-24,27,29H,6-14H2,1-5H3/t15-,16-,17-,18-,19?,20?,21?,23?,24-,25-,26-/m1/s1. The number of aliphatic hydroxyl groups is 2. The zero-order valence-electron chi connectivity index (χ0n) is 19.8. The third kappa shape index (κ3) is 3.36. The maximum Gasteiger partial charge on any atom is 0.305 e. The molecular weight excluding hydrogens is 376 g/mol. The number of rotatable bonds is 4. The zero-order chi connectivity index (χ0) is 21.8. The van der Waals surface area contributed by atoms with E-state index >= 15 is 0 Å². The second-order valence-electron chi connectivity index (χ2n) is 12.0. The van der Waals surface area contributed by atoms with Gasteiger partial charge in [-0.05, 0) is 104 Å². The Hall–Kier alpha value is -0.610. The summed E-state index contributed by atoms with van der Waals surface area (Å²) in [7, 11) is 1.48. The minimum Gasteiger partial charge on any atom is -0.469 e. The van der Waals surface area contributed by atoms with Crippen LogP contribution >= 0.6 is 0 Å². The number of carbonyl (C=O) groups is 1. The minimum absolute atomic E-state index is 0.0970. The Morgan fingerprint density at radius 3 is 2.40 bits per heavy atom. The molecule has 172 valence electrons. The Kier molecular flexibility index (Phi) is 6.07. The van der Waals surface area contributed by atoms with Gasteiger partial charge >= 0.3 is 5.97 Å². The second-order valence-corrected chi connectivity index (χ2v) is 12.0.